The molecule has 0 spiro atoms. The number of hydrogen-bond donors (Lipinski definition) is 1. The molecule has 17 heavy (non-hydrogen) atoms. The number of amides is 1. The fraction of sp³-hybridized carbons (Fsp3) is 0.545. The zero-order chi connectivity index (χ0) is 12.3. The number of rotatable bonds is 3. The molecule has 0 aromatic carbocycles. The summed E-state index contributed by atoms with van der Waals surface area (Å²) in [6.07, 6.45) is 8.29. The number of halogens is 1. The predicted molar refractivity (Wildman–Crippen MR) is 69.5 cm³/mol. The van der Waals surface area contributed by atoms with E-state index in [-0.39, 0.29) is 22.8 Å². The smallest absolute Gasteiger partial charge is 0.271 e. The highest BCUT2D eigenvalue weighted by Gasteiger charge is 2.28. The van der Waals surface area contributed by atoms with Crippen molar-refractivity contribution in [2.24, 2.45) is 0 Å². The van der Waals surface area contributed by atoms with Gasteiger partial charge in [0.2, 0.25) is 0 Å². The molecule has 1 aromatic rings. The first-order valence-corrected chi connectivity index (χ1v) is 7.18. The van der Waals surface area contributed by atoms with Crippen LogP contribution < -0.4 is 5.32 Å². The fourth-order valence-corrected chi connectivity index (χ4v) is 3.15. The summed E-state index contributed by atoms with van der Waals surface area (Å²) in [5.41, 5.74) is 0.282. The molecular weight excluding hydrogens is 258 g/mol. The summed E-state index contributed by atoms with van der Waals surface area (Å²) in [6.45, 7) is 0. The van der Waals surface area contributed by atoms with Crippen molar-refractivity contribution in [3.8, 4) is 0 Å². The van der Waals surface area contributed by atoms with Gasteiger partial charge in [0.25, 0.3) is 5.91 Å². The van der Waals surface area contributed by atoms with Gasteiger partial charge in [-0.25, -0.2) is 4.98 Å². The van der Waals surface area contributed by atoms with Crippen LogP contribution in [-0.4, -0.2) is 33.4 Å². The molecule has 2 atom stereocenters. The first-order valence-electron chi connectivity index (χ1n) is 5.52. The highest BCUT2D eigenvalue weighted by atomic mass is 35.5. The van der Waals surface area contributed by atoms with Crippen molar-refractivity contribution < 1.29 is 4.79 Å². The van der Waals surface area contributed by atoms with Gasteiger partial charge in [-0.15, -0.1) is 0 Å². The molecule has 0 radical (unpaired) electrons. The molecule has 0 aliphatic heterocycles. The lowest BCUT2D eigenvalue weighted by atomic mass is 10.2. The van der Waals surface area contributed by atoms with Gasteiger partial charge in [-0.1, -0.05) is 18.0 Å². The minimum Gasteiger partial charge on any atom is -0.347 e. The number of carbonyl (C=O) groups excluding carboxylic acids is 1. The van der Waals surface area contributed by atoms with Crippen LogP contribution in [0.3, 0.4) is 0 Å². The molecule has 1 N–H and O–H groups in total. The lowest BCUT2D eigenvalue weighted by molar-refractivity contribution is 0.0933. The molecule has 1 fully saturated rings. The summed E-state index contributed by atoms with van der Waals surface area (Å²) in [5.74, 6) is -0.189. The van der Waals surface area contributed by atoms with Crippen LogP contribution in [0.1, 0.15) is 29.8 Å². The second-order valence-electron chi connectivity index (χ2n) is 4.01. The monoisotopic (exact) mass is 271 g/mol. The first kappa shape index (κ1) is 12.6. The Bertz CT molecular complexity index is 415. The fourth-order valence-electron chi connectivity index (χ4n) is 2.07. The van der Waals surface area contributed by atoms with Gasteiger partial charge in [0.1, 0.15) is 10.8 Å². The van der Waals surface area contributed by atoms with Crippen molar-refractivity contribution in [3.05, 3.63) is 23.2 Å². The van der Waals surface area contributed by atoms with Crippen LogP contribution in [0.15, 0.2) is 12.4 Å². The van der Waals surface area contributed by atoms with Gasteiger partial charge in [0, 0.05) is 11.3 Å². The maximum absolute atomic E-state index is 11.9. The maximum Gasteiger partial charge on any atom is 0.271 e. The van der Waals surface area contributed by atoms with E-state index in [1.807, 2.05) is 0 Å². The highest BCUT2D eigenvalue weighted by molar-refractivity contribution is 7.99. The molecular formula is C11H14ClN3OS. The summed E-state index contributed by atoms with van der Waals surface area (Å²) in [6, 6.07) is 0.235. The van der Waals surface area contributed by atoms with E-state index < -0.39 is 0 Å². The van der Waals surface area contributed by atoms with Crippen molar-refractivity contribution in [2.45, 2.75) is 30.6 Å². The SMILES string of the molecule is CSC1CCCC1NC(=O)c1cncc(Cl)n1. The van der Waals surface area contributed by atoms with Crippen LogP contribution in [0, 0.1) is 0 Å². The average Bonchev–Trinajstić information content (AvgIpc) is 2.76. The summed E-state index contributed by atoms with van der Waals surface area (Å²) in [7, 11) is 0. The Balaban J connectivity index is 2.01. The quantitative estimate of drug-likeness (QED) is 0.915. The minimum absolute atomic E-state index is 0.189. The molecule has 1 heterocycles. The lowest BCUT2D eigenvalue weighted by Crippen LogP contribution is -2.39. The number of aromatic nitrogens is 2. The molecule has 2 rings (SSSR count). The Kier molecular flexibility index (Phi) is 4.23. The number of hydrogen-bond acceptors (Lipinski definition) is 4. The third kappa shape index (κ3) is 3.10. The Morgan fingerprint density at radius 2 is 2.35 bits per heavy atom. The Labute approximate surface area is 110 Å². The highest BCUT2D eigenvalue weighted by Crippen LogP contribution is 2.28. The molecule has 0 saturated heterocycles. The summed E-state index contributed by atoms with van der Waals surface area (Å²) >= 11 is 7.51. The normalized spacial score (nSPS) is 23.6. The first-order chi connectivity index (χ1) is 8.20. The Hall–Kier alpha value is -0.810. The van der Waals surface area contributed by atoms with E-state index in [2.05, 4.69) is 21.5 Å². The number of nitrogens with zero attached hydrogens (tertiary/aromatic N) is 2. The van der Waals surface area contributed by atoms with Crippen molar-refractivity contribution in [2.75, 3.05) is 6.26 Å². The van der Waals surface area contributed by atoms with Gasteiger partial charge in [-0.3, -0.25) is 9.78 Å². The zero-order valence-electron chi connectivity index (χ0n) is 9.52. The largest absolute Gasteiger partial charge is 0.347 e. The van der Waals surface area contributed by atoms with Crippen LogP contribution >= 0.6 is 23.4 Å². The van der Waals surface area contributed by atoms with Crippen LogP contribution in [0.5, 0.6) is 0 Å². The van der Waals surface area contributed by atoms with Gasteiger partial charge in [-0.2, -0.15) is 11.8 Å². The van der Waals surface area contributed by atoms with Crippen molar-refractivity contribution >= 4 is 29.3 Å². The topological polar surface area (TPSA) is 54.9 Å². The molecule has 92 valence electrons. The molecule has 6 heteroatoms. The second kappa shape index (κ2) is 5.69. The molecule has 4 nitrogen and oxygen atoms in total. The van der Waals surface area contributed by atoms with Crippen molar-refractivity contribution in [1.29, 1.82) is 0 Å². The molecule has 1 aliphatic carbocycles. The van der Waals surface area contributed by atoms with Gasteiger partial charge in [-0.05, 0) is 19.1 Å². The molecule has 1 aromatic heterocycles. The van der Waals surface area contributed by atoms with E-state index >= 15 is 0 Å². The third-order valence-electron chi connectivity index (χ3n) is 2.91. The van der Waals surface area contributed by atoms with Gasteiger partial charge in [0.05, 0.1) is 12.4 Å². The Morgan fingerprint density at radius 1 is 1.53 bits per heavy atom. The van der Waals surface area contributed by atoms with E-state index in [9.17, 15) is 4.79 Å². The lowest BCUT2D eigenvalue weighted by Gasteiger charge is -2.18. The summed E-state index contributed by atoms with van der Waals surface area (Å²) < 4.78 is 0. The summed E-state index contributed by atoms with van der Waals surface area (Å²) in [4.78, 5) is 19.7. The van der Waals surface area contributed by atoms with Gasteiger partial charge < -0.3 is 5.32 Å². The standard InChI is InChI=1S/C11H14ClN3OS/c1-17-9-4-2-3-7(9)15-11(16)8-5-13-6-10(12)14-8/h5-7,9H,2-4H2,1H3,(H,15,16). The number of thioether (sulfide) groups is 1. The van der Waals surface area contributed by atoms with Crippen LogP contribution in [0.25, 0.3) is 0 Å². The zero-order valence-corrected chi connectivity index (χ0v) is 11.1. The Morgan fingerprint density at radius 3 is 3.06 bits per heavy atom. The average molecular weight is 272 g/mol. The van der Waals surface area contributed by atoms with Crippen molar-refractivity contribution in [3.63, 3.8) is 0 Å². The second-order valence-corrected chi connectivity index (χ2v) is 5.48. The third-order valence-corrected chi connectivity index (χ3v) is 4.26. The molecule has 1 amide bonds. The van der Waals surface area contributed by atoms with E-state index in [1.54, 1.807) is 11.8 Å². The predicted octanol–water partition coefficient (Wildman–Crippen LogP) is 2.14. The summed E-state index contributed by atoms with van der Waals surface area (Å²) in [5, 5.41) is 3.75. The number of nitrogens with one attached hydrogen (secondary N) is 1. The molecule has 1 aliphatic rings. The number of carbonyl (C=O) groups is 1. The molecule has 1 saturated carbocycles. The van der Waals surface area contributed by atoms with E-state index in [0.717, 1.165) is 19.3 Å². The van der Waals surface area contributed by atoms with E-state index in [4.69, 9.17) is 11.6 Å². The van der Waals surface area contributed by atoms with Crippen LogP contribution in [0.4, 0.5) is 0 Å². The minimum atomic E-state index is -0.189. The molecule has 0 bridgehead atoms. The van der Waals surface area contributed by atoms with Gasteiger partial charge >= 0.3 is 0 Å². The van der Waals surface area contributed by atoms with E-state index in [1.165, 1.54) is 12.4 Å². The van der Waals surface area contributed by atoms with E-state index in [0.29, 0.717) is 5.25 Å². The van der Waals surface area contributed by atoms with Gasteiger partial charge in [0.15, 0.2) is 0 Å². The van der Waals surface area contributed by atoms with Crippen LogP contribution in [0.2, 0.25) is 5.15 Å². The van der Waals surface area contributed by atoms with Crippen molar-refractivity contribution in [1.82, 2.24) is 15.3 Å². The van der Waals surface area contributed by atoms with Crippen LogP contribution in [-0.2, 0) is 0 Å². The maximum atomic E-state index is 11.9. The molecule has 2 unspecified atom stereocenters.